The van der Waals surface area contributed by atoms with Crippen molar-refractivity contribution in [2.75, 3.05) is 55.1 Å². The summed E-state index contributed by atoms with van der Waals surface area (Å²) in [5.41, 5.74) is 1.05. The van der Waals surface area contributed by atoms with Gasteiger partial charge in [-0.25, -0.2) is 14.4 Å². The molecule has 3 aromatic rings. The number of nitrogens with one attached hydrogen (secondary N) is 3. The molecule has 0 aliphatic carbocycles. The fraction of sp³-hybridized carbons (Fsp3) is 0.379. The van der Waals surface area contributed by atoms with Gasteiger partial charge in [0.25, 0.3) is 0 Å². The standard InChI is InChI=1S/C29H36ClFN8O3/c1-7-26(40)34-22-13-23(25(42-6)14-24(22)39(5)15-17-9-8-10-38(17)4)36-28-33-16-32-27(37-28)35-21-12-19(30)20(31)11-18(21)29(2,3)41/h7,11-14,16-17,41H,1,8-10,15H2,2-6H3,(H,34,40)(H2,32,33,35,36,37)/t17-/m0/s1. The molecule has 1 aromatic heterocycles. The Kier molecular flexibility index (Phi) is 9.50. The number of amides is 1. The molecule has 2 aromatic carbocycles. The predicted molar refractivity (Wildman–Crippen MR) is 164 cm³/mol. The molecule has 1 aliphatic rings. The number of methoxy groups -OCH3 is 1. The average Bonchev–Trinajstić information content (AvgIpc) is 3.34. The normalized spacial score (nSPS) is 15.3. The third-order valence-electron chi connectivity index (χ3n) is 7.11. The molecule has 0 spiro atoms. The fourth-order valence-electron chi connectivity index (χ4n) is 4.87. The maximum atomic E-state index is 14.2. The highest BCUT2D eigenvalue weighted by Gasteiger charge is 2.25. The predicted octanol–water partition coefficient (Wildman–Crippen LogP) is 5.04. The van der Waals surface area contributed by atoms with Gasteiger partial charge in [-0.1, -0.05) is 18.2 Å². The van der Waals surface area contributed by atoms with Crippen LogP contribution < -0.4 is 25.6 Å². The van der Waals surface area contributed by atoms with E-state index in [1.54, 1.807) is 13.2 Å². The van der Waals surface area contributed by atoms with E-state index in [0.717, 1.165) is 37.7 Å². The van der Waals surface area contributed by atoms with Gasteiger partial charge in [0.05, 0.1) is 34.8 Å². The van der Waals surface area contributed by atoms with Crippen LogP contribution in [0.2, 0.25) is 5.02 Å². The number of carbonyl (C=O) groups is 1. The largest absolute Gasteiger partial charge is 0.494 e. The summed E-state index contributed by atoms with van der Waals surface area (Å²) in [4.78, 5) is 29.5. The third kappa shape index (κ3) is 7.25. The number of halogens is 2. The molecular weight excluding hydrogens is 563 g/mol. The molecule has 13 heteroatoms. The van der Waals surface area contributed by atoms with Gasteiger partial charge >= 0.3 is 0 Å². The Hall–Kier alpha value is -4.00. The van der Waals surface area contributed by atoms with E-state index in [9.17, 15) is 14.3 Å². The SMILES string of the molecule is C=CC(=O)Nc1cc(Nc2ncnc(Nc3cc(Cl)c(F)cc3C(C)(C)O)n2)c(OC)cc1N(C)C[C@@H]1CCCN1C. The van der Waals surface area contributed by atoms with E-state index in [0.29, 0.717) is 28.9 Å². The van der Waals surface area contributed by atoms with Gasteiger partial charge in [-0.2, -0.15) is 4.98 Å². The first-order valence-corrected chi connectivity index (χ1v) is 13.8. The Labute approximate surface area is 249 Å². The summed E-state index contributed by atoms with van der Waals surface area (Å²) in [6.45, 7) is 8.46. The first-order valence-electron chi connectivity index (χ1n) is 13.4. The van der Waals surface area contributed by atoms with Crippen molar-refractivity contribution >= 4 is 52.2 Å². The van der Waals surface area contributed by atoms with Crippen molar-refractivity contribution in [1.82, 2.24) is 19.9 Å². The van der Waals surface area contributed by atoms with Crippen molar-refractivity contribution in [2.24, 2.45) is 0 Å². The molecular formula is C29H36ClFN8O3. The van der Waals surface area contributed by atoms with Gasteiger partial charge in [-0.05, 0) is 64.6 Å². The smallest absolute Gasteiger partial charge is 0.247 e. The Bertz CT molecular complexity index is 1470. The second kappa shape index (κ2) is 12.9. The van der Waals surface area contributed by atoms with Crippen LogP contribution in [0.3, 0.4) is 0 Å². The molecule has 1 saturated heterocycles. The van der Waals surface area contributed by atoms with Gasteiger partial charge in [0.15, 0.2) is 0 Å². The summed E-state index contributed by atoms with van der Waals surface area (Å²) in [6, 6.07) is 6.50. The summed E-state index contributed by atoms with van der Waals surface area (Å²) < 4.78 is 19.9. The van der Waals surface area contributed by atoms with Crippen molar-refractivity contribution in [3.63, 3.8) is 0 Å². The van der Waals surface area contributed by atoms with Crippen molar-refractivity contribution in [3.05, 3.63) is 59.7 Å². The Morgan fingerprint density at radius 2 is 1.93 bits per heavy atom. The number of carbonyl (C=O) groups excluding carboxylic acids is 1. The lowest BCUT2D eigenvalue weighted by atomic mass is 9.96. The van der Waals surface area contributed by atoms with E-state index in [2.05, 4.69) is 54.3 Å². The monoisotopic (exact) mass is 598 g/mol. The van der Waals surface area contributed by atoms with E-state index in [1.807, 2.05) is 13.1 Å². The second-order valence-electron chi connectivity index (χ2n) is 10.7. The van der Waals surface area contributed by atoms with Gasteiger partial charge in [0, 0.05) is 37.0 Å². The molecule has 2 heterocycles. The minimum absolute atomic E-state index is 0.122. The summed E-state index contributed by atoms with van der Waals surface area (Å²) in [5, 5.41) is 19.4. The highest BCUT2D eigenvalue weighted by Crippen LogP contribution is 2.39. The number of aliphatic hydroxyl groups is 1. The zero-order valence-electron chi connectivity index (χ0n) is 24.3. The third-order valence-corrected chi connectivity index (χ3v) is 7.40. The van der Waals surface area contributed by atoms with Crippen molar-refractivity contribution in [2.45, 2.75) is 38.3 Å². The zero-order valence-corrected chi connectivity index (χ0v) is 25.1. The maximum Gasteiger partial charge on any atom is 0.247 e. The Morgan fingerprint density at radius 3 is 2.52 bits per heavy atom. The molecule has 1 aliphatic heterocycles. The molecule has 0 radical (unpaired) electrons. The molecule has 0 bridgehead atoms. The number of rotatable bonds is 11. The van der Waals surface area contributed by atoms with Crippen molar-refractivity contribution in [3.8, 4) is 5.75 Å². The molecule has 4 rings (SSSR count). The minimum atomic E-state index is -1.37. The van der Waals surface area contributed by atoms with Gasteiger partial charge in [-0.15, -0.1) is 0 Å². The summed E-state index contributed by atoms with van der Waals surface area (Å²) in [6.07, 6.45) is 4.75. The van der Waals surface area contributed by atoms with Gasteiger partial charge in [0.1, 0.15) is 17.9 Å². The number of hydrogen-bond donors (Lipinski definition) is 4. The number of hydrogen-bond acceptors (Lipinski definition) is 10. The number of aromatic nitrogens is 3. The van der Waals surface area contributed by atoms with Crippen LogP contribution in [0.25, 0.3) is 0 Å². The highest BCUT2D eigenvalue weighted by molar-refractivity contribution is 6.31. The summed E-state index contributed by atoms with van der Waals surface area (Å²) in [5.74, 6) is -0.229. The molecule has 1 atom stereocenters. The van der Waals surface area contributed by atoms with Crippen LogP contribution >= 0.6 is 11.6 Å². The van der Waals surface area contributed by atoms with E-state index in [4.69, 9.17) is 16.3 Å². The molecule has 42 heavy (non-hydrogen) atoms. The number of likely N-dealkylation sites (tertiary alicyclic amines) is 1. The summed E-state index contributed by atoms with van der Waals surface area (Å²) >= 11 is 6.01. The molecule has 0 unspecified atom stereocenters. The molecule has 1 amide bonds. The van der Waals surface area contributed by atoms with Crippen LogP contribution in [-0.4, -0.2) is 71.2 Å². The lowest BCUT2D eigenvalue weighted by Crippen LogP contribution is -2.37. The Morgan fingerprint density at radius 1 is 1.24 bits per heavy atom. The van der Waals surface area contributed by atoms with E-state index in [-0.39, 0.29) is 28.4 Å². The number of benzene rings is 2. The van der Waals surface area contributed by atoms with Crippen molar-refractivity contribution in [1.29, 1.82) is 0 Å². The lowest BCUT2D eigenvalue weighted by molar-refractivity contribution is -0.111. The molecule has 224 valence electrons. The molecule has 4 N–H and O–H groups in total. The van der Waals surface area contributed by atoms with Crippen LogP contribution in [0, 0.1) is 5.82 Å². The van der Waals surface area contributed by atoms with Crippen LogP contribution in [0.4, 0.5) is 39.0 Å². The van der Waals surface area contributed by atoms with Crippen LogP contribution in [-0.2, 0) is 10.4 Å². The fourth-order valence-corrected chi connectivity index (χ4v) is 5.04. The number of ether oxygens (including phenoxy) is 1. The van der Waals surface area contributed by atoms with Crippen LogP contribution in [0.5, 0.6) is 5.75 Å². The number of likely N-dealkylation sites (N-methyl/N-ethyl adjacent to an activating group) is 2. The first-order chi connectivity index (χ1) is 19.9. The highest BCUT2D eigenvalue weighted by atomic mass is 35.5. The second-order valence-corrected chi connectivity index (χ2v) is 11.1. The maximum absolute atomic E-state index is 14.2. The molecule has 11 nitrogen and oxygen atoms in total. The van der Waals surface area contributed by atoms with Gasteiger partial charge in [0.2, 0.25) is 17.8 Å². The quantitative estimate of drug-likeness (QED) is 0.223. The van der Waals surface area contributed by atoms with E-state index in [1.165, 1.54) is 32.3 Å². The van der Waals surface area contributed by atoms with Crippen LogP contribution in [0.1, 0.15) is 32.3 Å². The Balaban J connectivity index is 1.65. The number of nitrogens with zero attached hydrogens (tertiary/aromatic N) is 5. The van der Waals surface area contributed by atoms with Gasteiger partial charge in [-0.3, -0.25) is 4.79 Å². The molecule has 0 saturated carbocycles. The zero-order chi connectivity index (χ0) is 30.6. The first kappa shape index (κ1) is 30.9. The topological polar surface area (TPSA) is 128 Å². The summed E-state index contributed by atoms with van der Waals surface area (Å²) in [7, 11) is 5.65. The van der Waals surface area contributed by atoms with E-state index >= 15 is 0 Å². The minimum Gasteiger partial charge on any atom is -0.494 e. The molecule has 1 fully saturated rings. The van der Waals surface area contributed by atoms with Crippen LogP contribution in [0.15, 0.2) is 43.2 Å². The lowest BCUT2D eigenvalue weighted by Gasteiger charge is -2.29. The van der Waals surface area contributed by atoms with E-state index < -0.39 is 11.4 Å². The van der Waals surface area contributed by atoms with Crippen molar-refractivity contribution < 1.29 is 19.0 Å². The van der Waals surface area contributed by atoms with Gasteiger partial charge < -0.3 is 35.6 Å². The number of anilines is 6. The average molecular weight is 599 g/mol.